The fraction of sp³-hybridized carbons (Fsp3) is 1.00. The highest BCUT2D eigenvalue weighted by Gasteiger charge is 2.25. The van der Waals surface area contributed by atoms with Crippen molar-refractivity contribution in [1.82, 2.24) is 15.1 Å². The first kappa shape index (κ1) is 15.9. The SMILES string of the molecule is CCCN(CCN(C)C)CC(NC)C1CCCC1. The van der Waals surface area contributed by atoms with Gasteiger partial charge in [0.05, 0.1) is 0 Å². The van der Waals surface area contributed by atoms with E-state index in [-0.39, 0.29) is 0 Å². The molecule has 3 heteroatoms. The Morgan fingerprint density at radius 1 is 1.11 bits per heavy atom. The van der Waals surface area contributed by atoms with Crippen molar-refractivity contribution < 1.29 is 0 Å². The number of likely N-dealkylation sites (N-methyl/N-ethyl adjacent to an activating group) is 2. The van der Waals surface area contributed by atoms with Crippen LogP contribution in [0.15, 0.2) is 0 Å². The number of hydrogen-bond donors (Lipinski definition) is 1. The molecule has 0 aromatic carbocycles. The lowest BCUT2D eigenvalue weighted by Gasteiger charge is -2.31. The standard InChI is InChI=1S/C15H33N3/c1-5-10-18(12-11-17(3)4)13-15(16-2)14-8-6-7-9-14/h14-16H,5-13H2,1-4H3. The maximum atomic E-state index is 3.57. The van der Waals surface area contributed by atoms with Crippen LogP contribution in [0.5, 0.6) is 0 Å². The Hall–Kier alpha value is -0.120. The Morgan fingerprint density at radius 3 is 2.28 bits per heavy atom. The smallest absolute Gasteiger partial charge is 0.0220 e. The molecule has 1 saturated carbocycles. The maximum absolute atomic E-state index is 3.57. The van der Waals surface area contributed by atoms with Gasteiger partial charge in [-0.2, -0.15) is 0 Å². The topological polar surface area (TPSA) is 18.5 Å². The lowest BCUT2D eigenvalue weighted by Crippen LogP contribution is -2.45. The van der Waals surface area contributed by atoms with Crippen LogP contribution in [0.1, 0.15) is 39.0 Å². The quantitative estimate of drug-likeness (QED) is 0.680. The monoisotopic (exact) mass is 255 g/mol. The van der Waals surface area contributed by atoms with E-state index in [1.54, 1.807) is 0 Å². The summed E-state index contributed by atoms with van der Waals surface area (Å²) < 4.78 is 0. The molecular weight excluding hydrogens is 222 g/mol. The lowest BCUT2D eigenvalue weighted by molar-refractivity contribution is 0.196. The molecule has 108 valence electrons. The van der Waals surface area contributed by atoms with Gasteiger partial charge in [-0.3, -0.25) is 0 Å². The third-order valence-corrected chi connectivity index (χ3v) is 4.20. The van der Waals surface area contributed by atoms with E-state index in [1.165, 1.54) is 58.3 Å². The van der Waals surface area contributed by atoms with E-state index in [4.69, 9.17) is 0 Å². The van der Waals surface area contributed by atoms with Gasteiger partial charge in [0.2, 0.25) is 0 Å². The van der Waals surface area contributed by atoms with Crippen molar-refractivity contribution in [3.63, 3.8) is 0 Å². The van der Waals surface area contributed by atoms with E-state index in [1.807, 2.05) is 0 Å². The van der Waals surface area contributed by atoms with Crippen molar-refractivity contribution in [2.24, 2.45) is 5.92 Å². The molecule has 18 heavy (non-hydrogen) atoms. The Morgan fingerprint density at radius 2 is 1.78 bits per heavy atom. The summed E-state index contributed by atoms with van der Waals surface area (Å²) in [4.78, 5) is 4.92. The fourth-order valence-corrected chi connectivity index (χ4v) is 3.07. The van der Waals surface area contributed by atoms with Crippen LogP contribution >= 0.6 is 0 Å². The Balaban J connectivity index is 2.40. The second-order valence-corrected chi connectivity index (χ2v) is 6.04. The molecule has 0 aromatic heterocycles. The predicted octanol–water partition coefficient (Wildman–Crippen LogP) is 2.04. The summed E-state index contributed by atoms with van der Waals surface area (Å²) in [5.74, 6) is 0.911. The molecule has 0 bridgehead atoms. The van der Waals surface area contributed by atoms with Crippen LogP contribution in [0.4, 0.5) is 0 Å². The van der Waals surface area contributed by atoms with Crippen molar-refractivity contribution >= 4 is 0 Å². The summed E-state index contributed by atoms with van der Waals surface area (Å²) in [5, 5.41) is 3.57. The summed E-state index contributed by atoms with van der Waals surface area (Å²) in [7, 11) is 6.46. The van der Waals surface area contributed by atoms with Gasteiger partial charge >= 0.3 is 0 Å². The molecule has 0 aliphatic heterocycles. The zero-order valence-electron chi connectivity index (χ0n) is 12.9. The minimum absolute atomic E-state index is 0.696. The molecule has 1 atom stereocenters. The van der Waals surface area contributed by atoms with Gasteiger partial charge in [-0.25, -0.2) is 0 Å². The fourth-order valence-electron chi connectivity index (χ4n) is 3.07. The zero-order valence-corrected chi connectivity index (χ0v) is 12.9. The number of nitrogens with one attached hydrogen (secondary N) is 1. The highest BCUT2D eigenvalue weighted by molar-refractivity contribution is 4.82. The van der Waals surface area contributed by atoms with E-state index in [0.717, 1.165) is 5.92 Å². The van der Waals surface area contributed by atoms with Crippen molar-refractivity contribution in [2.75, 3.05) is 47.3 Å². The van der Waals surface area contributed by atoms with Gasteiger partial charge < -0.3 is 15.1 Å². The van der Waals surface area contributed by atoms with E-state index < -0.39 is 0 Å². The van der Waals surface area contributed by atoms with Gasteiger partial charge in [0.15, 0.2) is 0 Å². The lowest BCUT2D eigenvalue weighted by atomic mass is 9.97. The summed E-state index contributed by atoms with van der Waals surface area (Å²) in [6, 6.07) is 0.696. The van der Waals surface area contributed by atoms with Gasteiger partial charge in [0, 0.05) is 25.7 Å². The molecule has 0 spiro atoms. The molecule has 0 saturated heterocycles. The molecule has 0 heterocycles. The highest BCUT2D eigenvalue weighted by atomic mass is 15.2. The number of hydrogen-bond acceptors (Lipinski definition) is 3. The molecule has 1 rings (SSSR count). The van der Waals surface area contributed by atoms with Crippen molar-refractivity contribution in [3.8, 4) is 0 Å². The molecule has 1 N–H and O–H groups in total. The molecule has 0 amide bonds. The van der Waals surface area contributed by atoms with E-state index in [0.29, 0.717) is 6.04 Å². The van der Waals surface area contributed by atoms with Gasteiger partial charge in [-0.15, -0.1) is 0 Å². The van der Waals surface area contributed by atoms with E-state index in [2.05, 4.69) is 43.2 Å². The van der Waals surface area contributed by atoms with Gasteiger partial charge in [0.25, 0.3) is 0 Å². The minimum atomic E-state index is 0.696. The maximum Gasteiger partial charge on any atom is 0.0220 e. The molecule has 1 fully saturated rings. The van der Waals surface area contributed by atoms with Crippen LogP contribution in [0.2, 0.25) is 0 Å². The van der Waals surface area contributed by atoms with Gasteiger partial charge in [0.1, 0.15) is 0 Å². The zero-order chi connectivity index (χ0) is 13.4. The van der Waals surface area contributed by atoms with Crippen molar-refractivity contribution in [2.45, 2.75) is 45.1 Å². The first-order chi connectivity index (χ1) is 8.67. The summed E-state index contributed by atoms with van der Waals surface area (Å²) in [6.45, 7) is 7.11. The second-order valence-electron chi connectivity index (χ2n) is 6.04. The molecule has 1 aliphatic rings. The average molecular weight is 255 g/mol. The van der Waals surface area contributed by atoms with Gasteiger partial charge in [-0.1, -0.05) is 19.8 Å². The second kappa shape index (κ2) is 8.89. The number of rotatable bonds is 9. The summed E-state index contributed by atoms with van der Waals surface area (Å²) >= 11 is 0. The normalized spacial score (nSPS) is 19.0. The third-order valence-electron chi connectivity index (χ3n) is 4.20. The minimum Gasteiger partial charge on any atom is -0.315 e. The number of nitrogens with zero attached hydrogens (tertiary/aromatic N) is 2. The Bertz CT molecular complexity index is 200. The summed E-state index contributed by atoms with van der Waals surface area (Å²) in [6.07, 6.45) is 7.00. The Labute approximate surface area is 114 Å². The molecule has 1 aliphatic carbocycles. The largest absolute Gasteiger partial charge is 0.315 e. The van der Waals surface area contributed by atoms with Crippen molar-refractivity contribution in [1.29, 1.82) is 0 Å². The molecule has 1 unspecified atom stereocenters. The van der Waals surface area contributed by atoms with Crippen LogP contribution in [0.25, 0.3) is 0 Å². The predicted molar refractivity (Wildman–Crippen MR) is 80.1 cm³/mol. The van der Waals surface area contributed by atoms with E-state index >= 15 is 0 Å². The van der Waals surface area contributed by atoms with E-state index in [9.17, 15) is 0 Å². The molecule has 0 aromatic rings. The van der Waals surface area contributed by atoms with Crippen LogP contribution in [0, 0.1) is 5.92 Å². The molecular formula is C15H33N3. The first-order valence-electron chi connectivity index (χ1n) is 7.71. The van der Waals surface area contributed by atoms with Crippen LogP contribution in [0.3, 0.4) is 0 Å². The Kier molecular flexibility index (Phi) is 7.87. The third kappa shape index (κ3) is 5.68. The average Bonchev–Trinajstić information content (AvgIpc) is 2.86. The molecule has 0 radical (unpaired) electrons. The highest BCUT2D eigenvalue weighted by Crippen LogP contribution is 2.28. The van der Waals surface area contributed by atoms with Crippen LogP contribution in [-0.2, 0) is 0 Å². The first-order valence-corrected chi connectivity index (χ1v) is 7.71. The summed E-state index contributed by atoms with van der Waals surface area (Å²) in [5.41, 5.74) is 0. The van der Waals surface area contributed by atoms with Crippen LogP contribution < -0.4 is 5.32 Å². The van der Waals surface area contributed by atoms with Crippen LogP contribution in [-0.4, -0.2) is 63.2 Å². The molecule has 3 nitrogen and oxygen atoms in total. The van der Waals surface area contributed by atoms with Crippen molar-refractivity contribution in [3.05, 3.63) is 0 Å². The van der Waals surface area contributed by atoms with Gasteiger partial charge in [-0.05, 0) is 52.9 Å².